The lowest BCUT2D eigenvalue weighted by Gasteiger charge is -2.07. The molecule has 0 aliphatic rings. The first-order chi connectivity index (χ1) is 6.69. The van der Waals surface area contributed by atoms with E-state index in [0.29, 0.717) is 10.7 Å². The molecule has 0 aromatic heterocycles. The topological polar surface area (TPSA) is 38.0 Å². The van der Waals surface area contributed by atoms with E-state index in [4.69, 9.17) is 17.3 Å². The third-order valence-corrected chi connectivity index (χ3v) is 2.39. The number of nitrogens with two attached hydrogens (primary N) is 1. The van der Waals surface area contributed by atoms with Crippen molar-refractivity contribution in [1.29, 1.82) is 0 Å². The number of anilines is 1. The van der Waals surface area contributed by atoms with Gasteiger partial charge in [-0.1, -0.05) is 11.6 Å². The lowest BCUT2D eigenvalue weighted by molar-refractivity contribution is 1.21. The van der Waals surface area contributed by atoms with E-state index in [-0.39, 0.29) is 0 Å². The van der Waals surface area contributed by atoms with Crippen LogP contribution in [-0.2, 0) is 0 Å². The summed E-state index contributed by atoms with van der Waals surface area (Å²) in [6, 6.07) is 5.67. The van der Waals surface area contributed by atoms with Crippen molar-refractivity contribution in [3.05, 3.63) is 34.2 Å². The summed E-state index contributed by atoms with van der Waals surface area (Å²) in [4.78, 5) is 0. The molecule has 76 valence electrons. The third-order valence-electron chi connectivity index (χ3n) is 1.80. The number of hydrogen-bond acceptors (Lipinski definition) is 3. The molecule has 0 bridgehead atoms. The molecule has 2 nitrogen and oxygen atoms in total. The molecule has 0 saturated carbocycles. The Morgan fingerprint density at radius 2 is 2.36 bits per heavy atom. The number of halogens is 1. The van der Waals surface area contributed by atoms with Crippen LogP contribution in [-0.4, -0.2) is 6.54 Å². The van der Waals surface area contributed by atoms with Crippen LogP contribution in [0.25, 0.3) is 5.70 Å². The van der Waals surface area contributed by atoms with Crippen molar-refractivity contribution in [3.63, 3.8) is 0 Å². The molecule has 1 rings (SSSR count). The summed E-state index contributed by atoms with van der Waals surface area (Å²) in [5.74, 6) is 0. The second-order valence-electron chi connectivity index (χ2n) is 2.81. The average molecular weight is 229 g/mol. The summed E-state index contributed by atoms with van der Waals surface area (Å²) in [7, 11) is 0. The Bertz CT molecular complexity index is 350. The van der Waals surface area contributed by atoms with Crippen LogP contribution >= 0.6 is 24.2 Å². The number of hydrogen-bond donors (Lipinski definition) is 3. The third kappa shape index (κ3) is 2.59. The molecule has 0 spiro atoms. The maximum atomic E-state index is 6.04. The van der Waals surface area contributed by atoms with Crippen molar-refractivity contribution < 1.29 is 0 Å². The molecular weight excluding hydrogens is 216 g/mol. The van der Waals surface area contributed by atoms with Gasteiger partial charge in [-0.2, -0.15) is 0 Å². The summed E-state index contributed by atoms with van der Waals surface area (Å²) in [5, 5.41) is 5.34. The van der Waals surface area contributed by atoms with Gasteiger partial charge in [-0.3, -0.25) is 0 Å². The molecule has 0 aliphatic carbocycles. The van der Waals surface area contributed by atoms with Gasteiger partial charge in [-0.25, -0.2) is 0 Å². The minimum Gasteiger partial charge on any atom is -0.398 e. The summed E-state index contributed by atoms with van der Waals surface area (Å²) < 4.78 is 0. The van der Waals surface area contributed by atoms with Crippen molar-refractivity contribution >= 4 is 35.6 Å². The van der Waals surface area contributed by atoms with Gasteiger partial charge in [0, 0.05) is 23.5 Å². The zero-order valence-corrected chi connectivity index (χ0v) is 9.57. The fourth-order valence-corrected chi connectivity index (χ4v) is 1.56. The first kappa shape index (κ1) is 11.3. The smallest absolute Gasteiger partial charge is 0.0519 e. The van der Waals surface area contributed by atoms with Crippen LogP contribution in [0.2, 0.25) is 5.02 Å². The fraction of sp³-hybridized carbons (Fsp3) is 0.200. The number of nitrogens with one attached hydrogen (secondary N) is 1. The van der Waals surface area contributed by atoms with Gasteiger partial charge in [0.15, 0.2) is 0 Å². The van der Waals surface area contributed by atoms with Crippen molar-refractivity contribution in [2.45, 2.75) is 6.92 Å². The molecule has 0 heterocycles. The molecule has 0 amide bonds. The van der Waals surface area contributed by atoms with Crippen molar-refractivity contribution in [1.82, 2.24) is 0 Å². The average Bonchev–Trinajstić information content (AvgIpc) is 2.17. The molecule has 0 unspecified atom stereocenters. The molecule has 1 aromatic carbocycles. The van der Waals surface area contributed by atoms with Crippen LogP contribution in [0.3, 0.4) is 0 Å². The Morgan fingerprint density at radius 1 is 1.64 bits per heavy atom. The number of thiol groups is 1. The van der Waals surface area contributed by atoms with Crippen molar-refractivity contribution in [2.24, 2.45) is 5.73 Å². The van der Waals surface area contributed by atoms with Gasteiger partial charge < -0.3 is 11.1 Å². The standard InChI is InChI=1S/C10H13ClN2S/c1-2-13-7-3-4-8(9(11)5-7)10(12)6-14/h3-6,13-14H,2,12H2,1H3/b10-6-. The van der Waals surface area contributed by atoms with Crippen molar-refractivity contribution in [3.8, 4) is 0 Å². The van der Waals surface area contributed by atoms with Gasteiger partial charge in [0.1, 0.15) is 0 Å². The maximum Gasteiger partial charge on any atom is 0.0519 e. The molecule has 0 fully saturated rings. The maximum absolute atomic E-state index is 6.04. The molecule has 0 aliphatic heterocycles. The molecule has 0 saturated heterocycles. The van der Waals surface area contributed by atoms with E-state index in [1.54, 1.807) is 0 Å². The predicted molar refractivity (Wildman–Crippen MR) is 66.8 cm³/mol. The normalized spacial score (nSPS) is 11.5. The van der Waals surface area contributed by atoms with Crippen LogP contribution in [0.5, 0.6) is 0 Å². The van der Waals surface area contributed by atoms with E-state index in [0.717, 1.165) is 17.8 Å². The highest BCUT2D eigenvalue weighted by Crippen LogP contribution is 2.24. The Kier molecular flexibility index (Phi) is 4.17. The van der Waals surface area contributed by atoms with Gasteiger partial charge in [0.2, 0.25) is 0 Å². The Hall–Kier alpha value is -0.800. The van der Waals surface area contributed by atoms with E-state index in [1.807, 2.05) is 25.1 Å². The lowest BCUT2D eigenvalue weighted by Crippen LogP contribution is -1.99. The second kappa shape index (κ2) is 5.17. The number of rotatable bonds is 3. The Balaban J connectivity index is 3.01. The van der Waals surface area contributed by atoms with Crippen molar-refractivity contribution in [2.75, 3.05) is 11.9 Å². The summed E-state index contributed by atoms with van der Waals surface area (Å²) in [6.07, 6.45) is 0. The molecule has 14 heavy (non-hydrogen) atoms. The number of benzene rings is 1. The molecule has 1 aromatic rings. The van der Waals surface area contributed by atoms with Crippen LogP contribution in [0.15, 0.2) is 23.6 Å². The van der Waals surface area contributed by atoms with Gasteiger partial charge in [0.25, 0.3) is 0 Å². The molecule has 4 heteroatoms. The molecular formula is C10H13ClN2S. The fourth-order valence-electron chi connectivity index (χ4n) is 1.13. The Labute approximate surface area is 94.5 Å². The quantitative estimate of drug-likeness (QED) is 0.696. The monoisotopic (exact) mass is 228 g/mol. The van der Waals surface area contributed by atoms with Crippen LogP contribution in [0, 0.1) is 0 Å². The van der Waals surface area contributed by atoms with Gasteiger partial charge >= 0.3 is 0 Å². The second-order valence-corrected chi connectivity index (χ2v) is 3.47. The molecule has 0 atom stereocenters. The summed E-state index contributed by atoms with van der Waals surface area (Å²) in [6.45, 7) is 2.90. The van der Waals surface area contributed by atoms with Gasteiger partial charge in [-0.05, 0) is 30.5 Å². The Morgan fingerprint density at radius 3 is 2.86 bits per heavy atom. The first-order valence-corrected chi connectivity index (χ1v) is 5.22. The van der Waals surface area contributed by atoms with E-state index in [9.17, 15) is 0 Å². The van der Waals surface area contributed by atoms with E-state index < -0.39 is 0 Å². The van der Waals surface area contributed by atoms with Crippen LogP contribution < -0.4 is 11.1 Å². The van der Waals surface area contributed by atoms with E-state index in [2.05, 4.69) is 17.9 Å². The molecule has 3 N–H and O–H groups in total. The minimum atomic E-state index is 0.571. The summed E-state index contributed by atoms with van der Waals surface area (Å²) in [5.41, 5.74) is 8.07. The summed E-state index contributed by atoms with van der Waals surface area (Å²) >= 11 is 10.0. The predicted octanol–water partition coefficient (Wildman–Crippen LogP) is 2.96. The highest BCUT2D eigenvalue weighted by Gasteiger charge is 2.03. The van der Waals surface area contributed by atoms with E-state index in [1.165, 1.54) is 5.41 Å². The highest BCUT2D eigenvalue weighted by atomic mass is 35.5. The molecule has 0 radical (unpaired) electrons. The zero-order valence-electron chi connectivity index (χ0n) is 7.92. The zero-order chi connectivity index (χ0) is 10.6. The van der Waals surface area contributed by atoms with Gasteiger partial charge in [-0.15, -0.1) is 12.6 Å². The first-order valence-electron chi connectivity index (χ1n) is 4.32. The van der Waals surface area contributed by atoms with E-state index >= 15 is 0 Å². The van der Waals surface area contributed by atoms with Crippen LogP contribution in [0.4, 0.5) is 5.69 Å². The largest absolute Gasteiger partial charge is 0.398 e. The highest BCUT2D eigenvalue weighted by molar-refractivity contribution is 7.83. The van der Waals surface area contributed by atoms with Crippen LogP contribution in [0.1, 0.15) is 12.5 Å². The lowest BCUT2D eigenvalue weighted by atomic mass is 10.1. The SMILES string of the molecule is CCNc1ccc(/C(N)=C/S)c(Cl)c1. The minimum absolute atomic E-state index is 0.571. The van der Waals surface area contributed by atoms with Gasteiger partial charge in [0.05, 0.1) is 5.02 Å².